The van der Waals surface area contributed by atoms with Gasteiger partial charge in [-0.1, -0.05) is 49.6 Å². The first-order valence-corrected chi connectivity index (χ1v) is 9.17. The Kier molecular flexibility index (Phi) is 5.67. The van der Waals surface area contributed by atoms with Crippen LogP contribution in [0.4, 0.5) is 0 Å². The normalized spacial score (nSPS) is 28.1. The van der Waals surface area contributed by atoms with E-state index in [9.17, 15) is 14.7 Å². The summed E-state index contributed by atoms with van der Waals surface area (Å²) in [6, 6.07) is 10.8. The van der Waals surface area contributed by atoms with E-state index in [1.807, 2.05) is 18.2 Å². The van der Waals surface area contributed by atoms with Crippen LogP contribution in [0.15, 0.2) is 30.3 Å². The number of rotatable bonds is 6. The van der Waals surface area contributed by atoms with Crippen LogP contribution in [0, 0.1) is 5.92 Å². The first kappa shape index (κ1) is 17.2. The van der Waals surface area contributed by atoms with Gasteiger partial charge < -0.3 is 9.90 Å². The maximum Gasteiger partial charge on any atom is 0.317 e. The van der Waals surface area contributed by atoms with E-state index in [2.05, 4.69) is 17.0 Å². The summed E-state index contributed by atoms with van der Waals surface area (Å²) in [6.07, 6.45) is 8.56. The summed E-state index contributed by atoms with van der Waals surface area (Å²) in [5, 5.41) is 9.37. The Morgan fingerprint density at radius 2 is 1.79 bits per heavy atom. The fraction of sp³-hybridized carbons (Fsp3) is 0.600. The second-order valence-corrected chi connectivity index (χ2v) is 7.30. The molecule has 0 spiro atoms. The van der Waals surface area contributed by atoms with Crippen molar-refractivity contribution in [3.63, 3.8) is 0 Å². The first-order chi connectivity index (χ1) is 11.7. The third-order valence-electron chi connectivity index (χ3n) is 5.82. The van der Waals surface area contributed by atoms with Crippen molar-refractivity contribution in [1.29, 1.82) is 0 Å². The van der Waals surface area contributed by atoms with Gasteiger partial charge in [-0.25, -0.2) is 0 Å². The fourth-order valence-electron chi connectivity index (χ4n) is 4.67. The number of benzene rings is 1. The van der Waals surface area contributed by atoms with E-state index in [4.69, 9.17) is 0 Å². The van der Waals surface area contributed by atoms with Crippen LogP contribution in [0.1, 0.15) is 56.4 Å². The van der Waals surface area contributed by atoms with E-state index in [0.29, 0.717) is 6.04 Å². The van der Waals surface area contributed by atoms with Crippen molar-refractivity contribution >= 4 is 12.3 Å². The molecule has 0 aromatic heterocycles. The molecular formula is C20H27NO3. The number of hydrogen-bond acceptors (Lipinski definition) is 3. The molecule has 1 aromatic carbocycles. The van der Waals surface area contributed by atoms with Crippen molar-refractivity contribution in [3.05, 3.63) is 35.9 Å². The standard InChI is InChI=1S/C20H27NO3/c22-14-16-11-18(12-19(16)15-7-3-1-4-8-15)21(13-20(23)24)17-9-5-2-6-10-17/h1,3-4,7-8,14,16-19H,2,5-6,9-13H2,(H,23,24). The Morgan fingerprint density at radius 3 is 2.42 bits per heavy atom. The molecule has 2 aliphatic rings. The quantitative estimate of drug-likeness (QED) is 0.812. The zero-order valence-corrected chi connectivity index (χ0v) is 14.1. The van der Waals surface area contributed by atoms with Crippen LogP contribution in [-0.2, 0) is 9.59 Å². The molecular weight excluding hydrogens is 302 g/mol. The zero-order valence-electron chi connectivity index (χ0n) is 14.1. The number of aldehydes is 1. The summed E-state index contributed by atoms with van der Waals surface area (Å²) in [7, 11) is 0. The van der Waals surface area contributed by atoms with E-state index >= 15 is 0 Å². The Bertz CT molecular complexity index is 553. The summed E-state index contributed by atoms with van der Waals surface area (Å²) in [4.78, 5) is 25.2. The summed E-state index contributed by atoms with van der Waals surface area (Å²) >= 11 is 0. The van der Waals surface area contributed by atoms with E-state index in [0.717, 1.165) is 32.0 Å². The molecule has 4 nitrogen and oxygen atoms in total. The van der Waals surface area contributed by atoms with Crippen molar-refractivity contribution < 1.29 is 14.7 Å². The SMILES string of the molecule is O=CC1CC(N(CC(=O)O)C2CCCCC2)CC1c1ccccc1. The molecule has 3 rings (SSSR count). The van der Waals surface area contributed by atoms with E-state index < -0.39 is 5.97 Å². The molecule has 0 aliphatic heterocycles. The van der Waals surface area contributed by atoms with Gasteiger partial charge >= 0.3 is 5.97 Å². The third kappa shape index (κ3) is 3.86. The van der Waals surface area contributed by atoms with Crippen molar-refractivity contribution in [1.82, 2.24) is 4.90 Å². The summed E-state index contributed by atoms with van der Waals surface area (Å²) in [6.45, 7) is 0.0996. The average Bonchev–Trinajstić information content (AvgIpc) is 3.05. The van der Waals surface area contributed by atoms with Gasteiger partial charge in [0.15, 0.2) is 0 Å². The van der Waals surface area contributed by atoms with Gasteiger partial charge in [0.2, 0.25) is 0 Å². The molecule has 0 radical (unpaired) electrons. The molecule has 3 unspecified atom stereocenters. The lowest BCUT2D eigenvalue weighted by molar-refractivity contribution is -0.140. The number of aliphatic carboxylic acids is 1. The van der Waals surface area contributed by atoms with Gasteiger partial charge in [-0.2, -0.15) is 0 Å². The summed E-state index contributed by atoms with van der Waals surface area (Å²) < 4.78 is 0. The van der Waals surface area contributed by atoms with Gasteiger partial charge in [0.05, 0.1) is 6.54 Å². The highest BCUT2D eigenvalue weighted by atomic mass is 16.4. The minimum atomic E-state index is -0.758. The number of nitrogens with zero attached hydrogens (tertiary/aromatic N) is 1. The molecule has 1 N–H and O–H groups in total. The Morgan fingerprint density at radius 1 is 1.08 bits per heavy atom. The number of carboxylic acids is 1. The molecule has 4 heteroatoms. The van der Waals surface area contributed by atoms with Gasteiger partial charge in [-0.3, -0.25) is 9.69 Å². The molecule has 2 fully saturated rings. The van der Waals surface area contributed by atoms with Crippen LogP contribution in [-0.4, -0.2) is 40.9 Å². The predicted octanol–water partition coefficient (Wildman–Crippen LogP) is 3.47. The van der Waals surface area contributed by atoms with Crippen molar-refractivity contribution in [2.24, 2.45) is 5.92 Å². The van der Waals surface area contributed by atoms with E-state index in [1.54, 1.807) is 0 Å². The monoisotopic (exact) mass is 329 g/mol. The van der Waals surface area contributed by atoms with Gasteiger partial charge in [0, 0.05) is 18.0 Å². The minimum Gasteiger partial charge on any atom is -0.480 e. The molecule has 1 aromatic rings. The molecule has 0 saturated heterocycles. The van der Waals surface area contributed by atoms with Gasteiger partial charge in [-0.05, 0) is 37.2 Å². The van der Waals surface area contributed by atoms with Crippen molar-refractivity contribution in [2.45, 2.75) is 62.9 Å². The minimum absolute atomic E-state index is 0.00251. The molecule has 24 heavy (non-hydrogen) atoms. The molecule has 2 saturated carbocycles. The number of carboxylic acid groups (broad SMARTS) is 1. The average molecular weight is 329 g/mol. The Hall–Kier alpha value is -1.68. The van der Waals surface area contributed by atoms with E-state index in [-0.39, 0.29) is 24.4 Å². The summed E-state index contributed by atoms with van der Waals surface area (Å²) in [5.74, 6) is -0.544. The lowest BCUT2D eigenvalue weighted by Crippen LogP contribution is -2.46. The van der Waals surface area contributed by atoms with Gasteiger partial charge in [0.1, 0.15) is 6.29 Å². The topological polar surface area (TPSA) is 57.6 Å². The predicted molar refractivity (Wildman–Crippen MR) is 93.0 cm³/mol. The number of carbonyl (C=O) groups is 2. The molecule has 0 bridgehead atoms. The third-order valence-corrected chi connectivity index (χ3v) is 5.82. The highest BCUT2D eigenvalue weighted by Crippen LogP contribution is 2.42. The second-order valence-electron chi connectivity index (χ2n) is 7.30. The molecule has 2 aliphatic carbocycles. The number of carbonyl (C=O) groups excluding carboxylic acids is 1. The maximum atomic E-state index is 11.6. The van der Waals surface area contributed by atoms with Gasteiger partial charge in [0.25, 0.3) is 0 Å². The molecule has 0 heterocycles. The van der Waals surface area contributed by atoms with Crippen LogP contribution in [0.25, 0.3) is 0 Å². The lowest BCUT2D eigenvalue weighted by atomic mass is 9.90. The second kappa shape index (κ2) is 7.93. The first-order valence-electron chi connectivity index (χ1n) is 9.17. The number of hydrogen-bond donors (Lipinski definition) is 1. The largest absolute Gasteiger partial charge is 0.480 e. The highest BCUT2D eigenvalue weighted by molar-refractivity contribution is 5.69. The Labute approximate surface area is 143 Å². The van der Waals surface area contributed by atoms with E-state index in [1.165, 1.54) is 24.8 Å². The molecule has 130 valence electrons. The fourth-order valence-corrected chi connectivity index (χ4v) is 4.67. The van der Waals surface area contributed by atoms with Crippen LogP contribution in [0.5, 0.6) is 0 Å². The maximum absolute atomic E-state index is 11.6. The van der Waals surface area contributed by atoms with Crippen molar-refractivity contribution in [3.8, 4) is 0 Å². The summed E-state index contributed by atoms with van der Waals surface area (Å²) in [5.41, 5.74) is 1.20. The van der Waals surface area contributed by atoms with Crippen LogP contribution < -0.4 is 0 Å². The molecule has 3 atom stereocenters. The smallest absolute Gasteiger partial charge is 0.317 e. The Balaban J connectivity index is 1.78. The highest BCUT2D eigenvalue weighted by Gasteiger charge is 2.40. The van der Waals surface area contributed by atoms with Gasteiger partial charge in [-0.15, -0.1) is 0 Å². The van der Waals surface area contributed by atoms with Crippen LogP contribution in [0.3, 0.4) is 0 Å². The zero-order chi connectivity index (χ0) is 16.9. The lowest BCUT2D eigenvalue weighted by Gasteiger charge is -2.37. The van der Waals surface area contributed by atoms with Crippen molar-refractivity contribution in [2.75, 3.05) is 6.54 Å². The van der Waals surface area contributed by atoms with Crippen LogP contribution >= 0.6 is 0 Å². The molecule has 0 amide bonds. The van der Waals surface area contributed by atoms with Crippen LogP contribution in [0.2, 0.25) is 0 Å².